The highest BCUT2D eigenvalue weighted by Gasteiger charge is 2.31. The van der Waals surface area contributed by atoms with Crippen molar-refractivity contribution in [1.82, 2.24) is 30.1 Å². The van der Waals surface area contributed by atoms with Crippen LogP contribution >= 0.6 is 0 Å². The quantitative estimate of drug-likeness (QED) is 0.468. The van der Waals surface area contributed by atoms with Gasteiger partial charge in [-0.1, -0.05) is 6.07 Å². The Bertz CT molecular complexity index is 1390. The molecule has 3 N–H and O–H groups in total. The van der Waals surface area contributed by atoms with Crippen LogP contribution in [-0.2, 0) is 16.1 Å². The molecule has 35 heavy (non-hydrogen) atoms. The summed E-state index contributed by atoms with van der Waals surface area (Å²) in [4.78, 5) is 55.0. The third-order valence-electron chi connectivity index (χ3n) is 5.76. The number of carbonyl (C=O) groups excluding carboxylic acids is 4. The normalized spacial score (nSPS) is 17.1. The summed E-state index contributed by atoms with van der Waals surface area (Å²) in [5.41, 5.74) is 0.513. The van der Waals surface area contributed by atoms with Crippen molar-refractivity contribution in [2.75, 3.05) is 25.5 Å². The summed E-state index contributed by atoms with van der Waals surface area (Å²) >= 11 is 0. The number of amides is 4. The summed E-state index contributed by atoms with van der Waals surface area (Å²) in [5.74, 6) is -2.15. The Labute approximate surface area is 197 Å². The van der Waals surface area contributed by atoms with Gasteiger partial charge in [0.1, 0.15) is 23.2 Å². The van der Waals surface area contributed by atoms with Gasteiger partial charge in [-0.25, -0.2) is 13.9 Å². The van der Waals surface area contributed by atoms with Crippen LogP contribution in [0.1, 0.15) is 33.0 Å². The Balaban J connectivity index is 1.36. The molecular formula is C22H20FN7O5. The minimum Gasteiger partial charge on any atom is -0.482 e. The average Bonchev–Trinajstić information content (AvgIpc) is 3.38. The highest BCUT2D eigenvalue weighted by Crippen LogP contribution is 2.28. The first-order chi connectivity index (χ1) is 16.8. The van der Waals surface area contributed by atoms with Crippen molar-refractivity contribution < 1.29 is 28.3 Å². The van der Waals surface area contributed by atoms with Gasteiger partial charge in [-0.3, -0.25) is 19.2 Å². The van der Waals surface area contributed by atoms with Gasteiger partial charge in [0.05, 0.1) is 11.9 Å². The van der Waals surface area contributed by atoms with Crippen LogP contribution < -0.4 is 20.7 Å². The number of hydrogen-bond acceptors (Lipinski definition) is 7. The third kappa shape index (κ3) is 4.23. The van der Waals surface area contributed by atoms with E-state index in [1.54, 1.807) is 25.2 Å². The maximum Gasteiger partial charge on any atom is 0.270 e. The Hall–Kier alpha value is -4.55. The van der Waals surface area contributed by atoms with E-state index < -0.39 is 23.7 Å². The lowest BCUT2D eigenvalue weighted by Crippen LogP contribution is -2.41. The van der Waals surface area contributed by atoms with Gasteiger partial charge < -0.3 is 25.6 Å². The van der Waals surface area contributed by atoms with Gasteiger partial charge in [0.15, 0.2) is 18.1 Å². The van der Waals surface area contributed by atoms with E-state index in [0.717, 1.165) is 10.7 Å². The van der Waals surface area contributed by atoms with Crippen LogP contribution in [0.3, 0.4) is 0 Å². The van der Waals surface area contributed by atoms with Crippen molar-refractivity contribution in [2.45, 2.75) is 19.0 Å². The van der Waals surface area contributed by atoms with Crippen molar-refractivity contribution in [3.05, 3.63) is 53.2 Å². The lowest BCUT2D eigenvalue weighted by molar-refractivity contribution is -0.128. The molecule has 5 rings (SSSR count). The van der Waals surface area contributed by atoms with Crippen LogP contribution in [0, 0.1) is 5.82 Å². The number of benzene rings is 1. The molecule has 3 aromatic rings. The van der Waals surface area contributed by atoms with Crippen LogP contribution in [0.4, 0.5) is 10.1 Å². The maximum absolute atomic E-state index is 14.3. The second-order valence-electron chi connectivity index (χ2n) is 8.18. The molecule has 0 bridgehead atoms. The molecular weight excluding hydrogens is 461 g/mol. The molecule has 1 fully saturated rings. The number of ether oxygens (including phenoxy) is 1. The van der Waals surface area contributed by atoms with Crippen molar-refractivity contribution in [3.8, 4) is 5.75 Å². The largest absolute Gasteiger partial charge is 0.482 e. The molecule has 0 radical (unpaired) electrons. The molecule has 12 nitrogen and oxygen atoms in total. The summed E-state index contributed by atoms with van der Waals surface area (Å²) < 4.78 is 20.6. The van der Waals surface area contributed by atoms with Crippen LogP contribution in [0.5, 0.6) is 5.75 Å². The van der Waals surface area contributed by atoms with E-state index in [1.165, 1.54) is 11.0 Å². The van der Waals surface area contributed by atoms with Crippen molar-refractivity contribution in [2.24, 2.45) is 0 Å². The van der Waals surface area contributed by atoms with Gasteiger partial charge in [-0.05, 0) is 24.1 Å². The lowest BCUT2D eigenvalue weighted by atomic mass is 10.1. The molecule has 13 heteroatoms. The Morgan fingerprint density at radius 1 is 1.26 bits per heavy atom. The Morgan fingerprint density at radius 3 is 2.86 bits per heavy atom. The van der Waals surface area contributed by atoms with Crippen molar-refractivity contribution in [3.63, 3.8) is 0 Å². The first-order valence-corrected chi connectivity index (χ1v) is 10.7. The maximum atomic E-state index is 14.3. The van der Waals surface area contributed by atoms with Crippen LogP contribution in [0.25, 0.3) is 5.65 Å². The molecule has 0 spiro atoms. The fraction of sp³-hybridized carbons (Fsp3) is 0.273. The zero-order valence-electron chi connectivity index (χ0n) is 18.5. The van der Waals surface area contributed by atoms with E-state index in [4.69, 9.17) is 4.74 Å². The topological polar surface area (TPSA) is 147 Å². The van der Waals surface area contributed by atoms with Crippen molar-refractivity contribution in [1.29, 1.82) is 0 Å². The number of nitrogens with one attached hydrogen (secondary N) is 3. The lowest BCUT2D eigenvalue weighted by Gasteiger charge is -2.18. The number of rotatable bonds is 5. The Kier molecular flexibility index (Phi) is 5.51. The predicted molar refractivity (Wildman–Crippen MR) is 118 cm³/mol. The fourth-order valence-corrected chi connectivity index (χ4v) is 3.92. The van der Waals surface area contributed by atoms with E-state index in [1.807, 2.05) is 0 Å². The second kappa shape index (κ2) is 8.66. The average molecular weight is 481 g/mol. The van der Waals surface area contributed by atoms with Crippen LogP contribution in [-0.4, -0.2) is 69.4 Å². The number of aromatic nitrogens is 3. The van der Waals surface area contributed by atoms with Gasteiger partial charge in [0.25, 0.3) is 17.7 Å². The Morgan fingerprint density at radius 2 is 2.09 bits per heavy atom. The molecule has 2 aliphatic rings. The fourth-order valence-electron chi connectivity index (χ4n) is 3.92. The molecule has 0 aliphatic carbocycles. The van der Waals surface area contributed by atoms with Gasteiger partial charge in [-0.2, -0.15) is 5.10 Å². The number of nitrogens with zero attached hydrogens (tertiary/aromatic N) is 4. The first-order valence-electron chi connectivity index (χ1n) is 10.7. The zero-order valence-corrected chi connectivity index (χ0v) is 18.5. The van der Waals surface area contributed by atoms with Gasteiger partial charge in [0.2, 0.25) is 5.91 Å². The summed E-state index contributed by atoms with van der Waals surface area (Å²) in [6.07, 6.45) is 1.32. The van der Waals surface area contributed by atoms with E-state index in [0.29, 0.717) is 30.0 Å². The third-order valence-corrected chi connectivity index (χ3v) is 5.76. The molecule has 2 aromatic heterocycles. The predicted octanol–water partition coefficient (Wildman–Crippen LogP) is 0.0898. The minimum absolute atomic E-state index is 0.0656. The standard InChI is InChI=1S/C22H20FN7O5/c1-29-5-4-13(22(29)34)28-21(33)16-7-15(27-19-12(23)9-25-30(16)19)20(32)24-8-11-2-3-17-14(6-11)26-18(31)10-35-17/h2-3,6-7,9,13H,4-5,8,10H2,1H3,(H,24,32)(H,26,31)(H,28,33)/t13-/m0/s1. The van der Waals surface area contributed by atoms with Gasteiger partial charge >= 0.3 is 0 Å². The molecule has 4 heterocycles. The number of fused-ring (bicyclic) bond motifs is 2. The van der Waals surface area contributed by atoms with E-state index in [9.17, 15) is 23.6 Å². The summed E-state index contributed by atoms with van der Waals surface area (Å²) in [5, 5.41) is 11.8. The molecule has 1 saturated heterocycles. The molecule has 1 aromatic carbocycles. The van der Waals surface area contributed by atoms with Gasteiger partial charge in [-0.15, -0.1) is 0 Å². The molecule has 180 valence electrons. The zero-order chi connectivity index (χ0) is 24.7. The number of halogens is 1. The summed E-state index contributed by atoms with van der Waals surface area (Å²) in [7, 11) is 1.63. The van der Waals surface area contributed by atoms with E-state index in [-0.39, 0.29) is 42.0 Å². The van der Waals surface area contributed by atoms with E-state index >= 15 is 0 Å². The molecule has 4 amide bonds. The SMILES string of the molecule is CN1CC[C@H](NC(=O)c2cc(C(=O)NCc3ccc4c(c3)NC(=O)CO4)nc3c(F)cnn23)C1=O. The number of anilines is 1. The minimum atomic E-state index is -0.809. The number of likely N-dealkylation sites (N-methyl/N-ethyl adjacent to an activating group) is 1. The molecule has 0 saturated carbocycles. The van der Waals surface area contributed by atoms with Gasteiger partial charge in [0, 0.05) is 26.2 Å². The van der Waals surface area contributed by atoms with Crippen LogP contribution in [0.15, 0.2) is 30.5 Å². The van der Waals surface area contributed by atoms with E-state index in [2.05, 4.69) is 26.0 Å². The number of carbonyl (C=O) groups is 4. The summed E-state index contributed by atoms with van der Waals surface area (Å²) in [6, 6.07) is 5.52. The summed E-state index contributed by atoms with van der Waals surface area (Å²) in [6.45, 7) is 0.503. The second-order valence-corrected chi connectivity index (χ2v) is 8.18. The molecule has 2 aliphatic heterocycles. The number of likely N-dealkylation sites (tertiary alicyclic amines) is 1. The highest BCUT2D eigenvalue weighted by atomic mass is 19.1. The monoisotopic (exact) mass is 481 g/mol. The molecule has 0 unspecified atom stereocenters. The van der Waals surface area contributed by atoms with Crippen LogP contribution in [0.2, 0.25) is 0 Å². The highest BCUT2D eigenvalue weighted by molar-refractivity contribution is 6.00. The first kappa shape index (κ1) is 22.3. The molecule has 1 atom stereocenters. The number of hydrogen-bond donors (Lipinski definition) is 3. The smallest absolute Gasteiger partial charge is 0.270 e. The van der Waals surface area contributed by atoms with Crippen molar-refractivity contribution >= 4 is 35.0 Å².